The predicted octanol–water partition coefficient (Wildman–Crippen LogP) is 4.71. The van der Waals surface area contributed by atoms with Gasteiger partial charge in [0, 0.05) is 23.7 Å². The fourth-order valence-corrected chi connectivity index (χ4v) is 7.12. The third-order valence-electron chi connectivity index (χ3n) is 6.47. The Kier molecular flexibility index (Phi) is 8.54. The summed E-state index contributed by atoms with van der Waals surface area (Å²) in [5.74, 6) is -0.788. The number of unbranched alkanes of at least 4 members (excludes halogenated alkanes) is 1. The van der Waals surface area contributed by atoms with Crippen LogP contribution in [0.1, 0.15) is 39.5 Å². The number of rotatable bonds is 10. The summed E-state index contributed by atoms with van der Waals surface area (Å²) in [6, 6.07) is 12.0. The maximum atomic E-state index is 13.8. The van der Waals surface area contributed by atoms with E-state index in [0.717, 1.165) is 36.3 Å². The van der Waals surface area contributed by atoms with Crippen molar-refractivity contribution < 1.29 is 23.1 Å². The van der Waals surface area contributed by atoms with Crippen molar-refractivity contribution in [3.05, 3.63) is 42.5 Å². The lowest BCUT2D eigenvalue weighted by Crippen LogP contribution is -2.37. The number of thioether (sulfide) groups is 1. The van der Waals surface area contributed by atoms with E-state index in [1.807, 2.05) is 42.7 Å². The zero-order chi connectivity index (χ0) is 24.9. The third-order valence-corrected chi connectivity index (χ3v) is 9.22. The van der Waals surface area contributed by atoms with Crippen molar-refractivity contribution in [2.75, 3.05) is 30.1 Å². The molecule has 0 amide bonds. The summed E-state index contributed by atoms with van der Waals surface area (Å²) in [5, 5.41) is 9.10. The van der Waals surface area contributed by atoms with Gasteiger partial charge in [-0.25, -0.2) is 8.42 Å². The Morgan fingerprint density at radius 1 is 1.26 bits per heavy atom. The molecule has 2 aromatic rings. The van der Waals surface area contributed by atoms with Crippen molar-refractivity contribution in [1.82, 2.24) is 0 Å². The van der Waals surface area contributed by atoms with Crippen LogP contribution >= 0.6 is 11.8 Å². The quantitative estimate of drug-likeness (QED) is 0.446. The average Bonchev–Trinajstić information content (AvgIpc) is 2.93. The van der Waals surface area contributed by atoms with Gasteiger partial charge in [0.2, 0.25) is 0 Å². The van der Waals surface area contributed by atoms with Gasteiger partial charge < -0.3 is 20.5 Å². The minimum Gasteiger partial charge on any atom is -0.490 e. The molecular weight excluding hydrogens is 472 g/mol. The van der Waals surface area contributed by atoms with Crippen LogP contribution in [0.25, 0.3) is 0 Å². The number of carboxylic acid groups (broad SMARTS) is 1. The van der Waals surface area contributed by atoms with Crippen LogP contribution in [0, 0.1) is 5.41 Å². The van der Waals surface area contributed by atoms with Gasteiger partial charge in [0.05, 0.1) is 21.2 Å². The molecule has 1 aliphatic heterocycles. The number of aliphatic carboxylic acids is 1. The van der Waals surface area contributed by atoms with Crippen LogP contribution in [0.3, 0.4) is 0 Å². The SMILES string of the molecule is CCCC[C@]1(CC)CN(c2ccccc2)c2cc(SC)c(OCC(N)C(=O)O)cc2S(=O)(=O)C1. The second-order valence-electron chi connectivity index (χ2n) is 8.86. The highest BCUT2D eigenvalue weighted by Gasteiger charge is 2.42. The van der Waals surface area contributed by atoms with Gasteiger partial charge in [-0.15, -0.1) is 11.8 Å². The van der Waals surface area contributed by atoms with Gasteiger partial charge in [0.15, 0.2) is 9.84 Å². The monoisotopic (exact) mass is 506 g/mol. The second kappa shape index (κ2) is 11.0. The van der Waals surface area contributed by atoms with Gasteiger partial charge in [-0.3, -0.25) is 4.79 Å². The molecule has 1 heterocycles. The Balaban J connectivity index is 2.18. The number of ether oxygens (including phenoxy) is 1. The van der Waals surface area contributed by atoms with Gasteiger partial charge in [-0.2, -0.15) is 0 Å². The van der Waals surface area contributed by atoms with Crippen LogP contribution in [0.4, 0.5) is 11.4 Å². The second-order valence-corrected chi connectivity index (χ2v) is 11.7. The van der Waals surface area contributed by atoms with Crippen molar-refractivity contribution in [3.63, 3.8) is 0 Å². The molecule has 0 aliphatic carbocycles. The number of carbonyl (C=O) groups is 1. The Bertz CT molecular complexity index is 1110. The summed E-state index contributed by atoms with van der Waals surface area (Å²) in [7, 11) is -3.65. The molecule has 1 unspecified atom stereocenters. The van der Waals surface area contributed by atoms with Crippen LogP contribution in [0.15, 0.2) is 52.3 Å². The van der Waals surface area contributed by atoms with E-state index in [4.69, 9.17) is 15.6 Å². The van der Waals surface area contributed by atoms with E-state index in [1.54, 1.807) is 6.07 Å². The highest BCUT2D eigenvalue weighted by molar-refractivity contribution is 7.98. The zero-order valence-corrected chi connectivity index (χ0v) is 21.6. The number of para-hydroxylation sites is 1. The number of carboxylic acids is 1. The van der Waals surface area contributed by atoms with Crippen molar-refractivity contribution in [2.24, 2.45) is 11.1 Å². The summed E-state index contributed by atoms with van der Waals surface area (Å²) in [5.41, 5.74) is 6.78. The summed E-state index contributed by atoms with van der Waals surface area (Å²) in [6.07, 6.45) is 5.40. The van der Waals surface area contributed by atoms with Gasteiger partial charge in [0.1, 0.15) is 18.4 Å². The summed E-state index contributed by atoms with van der Waals surface area (Å²) >= 11 is 1.42. The Morgan fingerprint density at radius 3 is 2.56 bits per heavy atom. The Morgan fingerprint density at radius 2 is 1.97 bits per heavy atom. The normalized spacial score (nSPS) is 20.3. The van der Waals surface area contributed by atoms with Crippen molar-refractivity contribution in [1.29, 1.82) is 0 Å². The van der Waals surface area contributed by atoms with Gasteiger partial charge in [0.25, 0.3) is 0 Å². The lowest BCUT2D eigenvalue weighted by Gasteiger charge is -2.36. The van der Waals surface area contributed by atoms with Crippen LogP contribution in [-0.4, -0.2) is 50.7 Å². The van der Waals surface area contributed by atoms with Crippen LogP contribution in [0.5, 0.6) is 5.75 Å². The highest BCUT2D eigenvalue weighted by Crippen LogP contribution is 2.47. The maximum absolute atomic E-state index is 13.8. The molecule has 0 aromatic heterocycles. The first kappa shape index (κ1) is 26.4. The third kappa shape index (κ3) is 5.70. The minimum atomic E-state index is -3.65. The highest BCUT2D eigenvalue weighted by atomic mass is 32.2. The number of hydrogen-bond donors (Lipinski definition) is 2. The number of nitrogens with zero attached hydrogens (tertiary/aromatic N) is 1. The lowest BCUT2D eigenvalue weighted by atomic mass is 9.81. The number of sulfone groups is 1. The van der Waals surface area contributed by atoms with Crippen molar-refractivity contribution >= 4 is 38.9 Å². The van der Waals surface area contributed by atoms with E-state index >= 15 is 0 Å². The van der Waals surface area contributed by atoms with Crippen LogP contribution in [-0.2, 0) is 14.6 Å². The molecule has 0 fully saturated rings. The molecule has 3 N–H and O–H groups in total. The predicted molar refractivity (Wildman–Crippen MR) is 137 cm³/mol. The van der Waals surface area contributed by atoms with Crippen molar-refractivity contribution in [3.8, 4) is 5.75 Å². The van der Waals surface area contributed by atoms with E-state index in [1.165, 1.54) is 11.8 Å². The summed E-state index contributed by atoms with van der Waals surface area (Å²) < 4.78 is 33.3. The zero-order valence-electron chi connectivity index (χ0n) is 20.0. The van der Waals surface area contributed by atoms with Crippen LogP contribution in [0.2, 0.25) is 0 Å². The van der Waals surface area contributed by atoms with Crippen molar-refractivity contribution in [2.45, 2.75) is 55.4 Å². The minimum absolute atomic E-state index is 0.0551. The maximum Gasteiger partial charge on any atom is 0.324 e. The fourth-order valence-electron chi connectivity index (χ4n) is 4.39. The molecule has 34 heavy (non-hydrogen) atoms. The largest absolute Gasteiger partial charge is 0.490 e. The Hall–Kier alpha value is -2.23. The summed E-state index contributed by atoms with van der Waals surface area (Å²) in [6.45, 7) is 4.53. The van der Waals surface area contributed by atoms with Crippen LogP contribution < -0.4 is 15.4 Å². The molecule has 1 aliphatic rings. The summed E-state index contributed by atoms with van der Waals surface area (Å²) in [4.78, 5) is 14.2. The molecule has 186 valence electrons. The first-order chi connectivity index (χ1) is 16.2. The number of anilines is 2. The fraction of sp³-hybridized carbons (Fsp3) is 0.480. The number of fused-ring (bicyclic) bond motifs is 1. The van der Waals surface area contributed by atoms with E-state index in [2.05, 4.69) is 18.7 Å². The first-order valence-corrected chi connectivity index (χ1v) is 14.4. The molecule has 0 radical (unpaired) electrons. The lowest BCUT2D eigenvalue weighted by molar-refractivity contribution is -0.139. The van der Waals surface area contributed by atoms with E-state index in [0.29, 0.717) is 18.0 Å². The Labute approximate surface area is 206 Å². The molecule has 0 spiro atoms. The molecule has 3 rings (SSSR count). The molecule has 7 nitrogen and oxygen atoms in total. The molecule has 2 aromatic carbocycles. The van der Waals surface area contributed by atoms with E-state index in [9.17, 15) is 13.2 Å². The van der Waals surface area contributed by atoms with E-state index < -0.39 is 27.3 Å². The standard InChI is InChI=1S/C25H34N2O5S2/c1-4-6-12-25(5-2)16-27(18-10-8-7-9-11-18)20-13-22(33-3)21(32-15-19(26)24(28)29)14-23(20)34(30,31)17-25/h7-11,13-14,19H,4-6,12,15-17,26H2,1-3H3,(H,28,29)/t19?,25-/m1/s1. The molecule has 2 atom stereocenters. The first-order valence-electron chi connectivity index (χ1n) is 11.5. The van der Waals surface area contributed by atoms with E-state index in [-0.39, 0.29) is 17.3 Å². The molecule has 0 bridgehead atoms. The molecular formula is C25H34N2O5S2. The average molecular weight is 507 g/mol. The number of benzene rings is 2. The van der Waals surface area contributed by atoms with Gasteiger partial charge >= 0.3 is 5.97 Å². The smallest absolute Gasteiger partial charge is 0.324 e. The van der Waals surface area contributed by atoms with Gasteiger partial charge in [-0.1, -0.05) is 44.9 Å². The molecule has 0 saturated heterocycles. The topological polar surface area (TPSA) is 110 Å². The van der Waals surface area contributed by atoms with Gasteiger partial charge in [-0.05, 0) is 37.3 Å². The number of hydrogen-bond acceptors (Lipinski definition) is 7. The number of nitrogens with two attached hydrogens (primary N) is 1. The molecule has 9 heteroatoms. The molecule has 0 saturated carbocycles.